The number of benzene rings is 1. The molecule has 0 bridgehead atoms. The van der Waals surface area contributed by atoms with Crippen LogP contribution in [-0.2, 0) is 16.0 Å². The molecule has 1 amide bonds. The van der Waals surface area contributed by atoms with Crippen LogP contribution in [0.25, 0.3) is 0 Å². The largest absolute Gasteiger partial charge is 0.480 e. The zero-order chi connectivity index (χ0) is 14.4. The zero-order valence-corrected chi connectivity index (χ0v) is 11.0. The van der Waals surface area contributed by atoms with Gasteiger partial charge in [0.25, 0.3) is 0 Å². The first-order valence-corrected chi connectivity index (χ1v) is 6.15. The lowest BCUT2D eigenvalue weighted by Crippen LogP contribution is -2.42. The Labute approximate surface area is 111 Å². The lowest BCUT2D eigenvalue weighted by molar-refractivity contribution is -0.141. The molecule has 5 heteroatoms. The third-order valence-corrected chi connectivity index (χ3v) is 2.61. The van der Waals surface area contributed by atoms with Crippen LogP contribution in [0.2, 0.25) is 0 Å². The molecule has 19 heavy (non-hydrogen) atoms. The van der Waals surface area contributed by atoms with Crippen LogP contribution in [0.3, 0.4) is 0 Å². The van der Waals surface area contributed by atoms with Gasteiger partial charge in [-0.15, -0.1) is 0 Å². The van der Waals surface area contributed by atoms with Crippen molar-refractivity contribution in [2.24, 2.45) is 5.92 Å². The fourth-order valence-electron chi connectivity index (χ4n) is 1.71. The summed E-state index contributed by atoms with van der Waals surface area (Å²) in [4.78, 5) is 22.7. The summed E-state index contributed by atoms with van der Waals surface area (Å²) in [6, 6.07) is 4.84. The average Bonchev–Trinajstić information content (AvgIpc) is 2.29. The van der Waals surface area contributed by atoms with Gasteiger partial charge in [-0.1, -0.05) is 32.0 Å². The van der Waals surface area contributed by atoms with Crippen molar-refractivity contribution in [3.63, 3.8) is 0 Å². The van der Waals surface area contributed by atoms with Gasteiger partial charge in [0.2, 0.25) is 5.91 Å². The molecule has 4 nitrogen and oxygen atoms in total. The summed E-state index contributed by atoms with van der Waals surface area (Å²) in [5.74, 6) is -1.83. The molecule has 0 heterocycles. The summed E-state index contributed by atoms with van der Waals surface area (Å²) >= 11 is 0. The van der Waals surface area contributed by atoms with Crippen LogP contribution in [0, 0.1) is 11.7 Å². The highest BCUT2D eigenvalue weighted by atomic mass is 19.1. The minimum Gasteiger partial charge on any atom is -0.480 e. The summed E-state index contributed by atoms with van der Waals surface area (Å²) in [5.41, 5.74) is 0.278. The zero-order valence-electron chi connectivity index (χ0n) is 11.0. The molecule has 1 aromatic carbocycles. The van der Waals surface area contributed by atoms with E-state index < -0.39 is 17.8 Å². The Morgan fingerprint density at radius 1 is 1.32 bits per heavy atom. The van der Waals surface area contributed by atoms with Gasteiger partial charge in [0.1, 0.15) is 11.9 Å². The van der Waals surface area contributed by atoms with Crippen molar-refractivity contribution in [1.82, 2.24) is 5.32 Å². The fourth-order valence-corrected chi connectivity index (χ4v) is 1.71. The Balaban J connectivity index is 2.71. The van der Waals surface area contributed by atoms with Gasteiger partial charge >= 0.3 is 5.97 Å². The Bertz CT molecular complexity index is 460. The average molecular weight is 267 g/mol. The Kier molecular flexibility index (Phi) is 5.48. The van der Waals surface area contributed by atoms with Crippen LogP contribution in [-0.4, -0.2) is 23.0 Å². The molecule has 1 atom stereocenters. The first-order valence-electron chi connectivity index (χ1n) is 6.15. The molecule has 104 valence electrons. The summed E-state index contributed by atoms with van der Waals surface area (Å²) in [7, 11) is 0. The molecule has 2 N–H and O–H groups in total. The van der Waals surface area contributed by atoms with Gasteiger partial charge in [0.05, 0.1) is 0 Å². The number of aliphatic carboxylic acids is 1. The lowest BCUT2D eigenvalue weighted by Gasteiger charge is -2.15. The maximum Gasteiger partial charge on any atom is 0.326 e. The number of rotatable bonds is 6. The SMILES string of the molecule is CC(C)CC(=O)N[C@@H](Cc1ccccc1F)C(=O)O. The van der Waals surface area contributed by atoms with Crippen molar-refractivity contribution in [2.45, 2.75) is 32.7 Å². The first kappa shape index (κ1) is 15.1. The quantitative estimate of drug-likeness (QED) is 0.828. The Morgan fingerprint density at radius 3 is 2.47 bits per heavy atom. The van der Waals surface area contributed by atoms with Crippen molar-refractivity contribution >= 4 is 11.9 Å². The van der Waals surface area contributed by atoms with E-state index in [2.05, 4.69) is 5.32 Å². The molecule has 0 saturated carbocycles. The molecule has 0 spiro atoms. The van der Waals surface area contributed by atoms with E-state index in [4.69, 9.17) is 5.11 Å². The van der Waals surface area contributed by atoms with E-state index in [-0.39, 0.29) is 30.2 Å². The molecular formula is C14H18FNO3. The van der Waals surface area contributed by atoms with E-state index >= 15 is 0 Å². The van der Waals surface area contributed by atoms with Crippen LogP contribution < -0.4 is 5.32 Å². The van der Waals surface area contributed by atoms with E-state index in [1.54, 1.807) is 6.07 Å². The fraction of sp³-hybridized carbons (Fsp3) is 0.429. The van der Waals surface area contributed by atoms with E-state index in [0.717, 1.165) is 0 Å². The van der Waals surface area contributed by atoms with E-state index in [0.29, 0.717) is 0 Å². The predicted molar refractivity (Wildman–Crippen MR) is 69.1 cm³/mol. The summed E-state index contributed by atoms with van der Waals surface area (Å²) in [6.07, 6.45) is 0.187. The number of hydrogen-bond donors (Lipinski definition) is 2. The van der Waals surface area contributed by atoms with Crippen molar-refractivity contribution in [1.29, 1.82) is 0 Å². The van der Waals surface area contributed by atoms with Crippen molar-refractivity contribution in [3.8, 4) is 0 Å². The smallest absolute Gasteiger partial charge is 0.326 e. The minimum atomic E-state index is -1.17. The molecule has 0 aliphatic carbocycles. The van der Waals surface area contributed by atoms with Gasteiger partial charge < -0.3 is 10.4 Å². The number of hydrogen-bond acceptors (Lipinski definition) is 2. The van der Waals surface area contributed by atoms with Crippen LogP contribution in [0.15, 0.2) is 24.3 Å². The minimum absolute atomic E-state index is 0.0636. The molecule has 0 aliphatic heterocycles. The molecule has 0 saturated heterocycles. The van der Waals surface area contributed by atoms with Gasteiger partial charge in [0, 0.05) is 12.8 Å². The molecule has 1 rings (SSSR count). The number of carboxylic acids is 1. The molecule has 0 unspecified atom stereocenters. The van der Waals surface area contributed by atoms with Gasteiger partial charge in [-0.05, 0) is 17.5 Å². The van der Waals surface area contributed by atoms with E-state index in [1.807, 2.05) is 13.8 Å². The maximum absolute atomic E-state index is 13.5. The summed E-state index contributed by atoms with van der Waals surface area (Å²) in [5, 5.41) is 11.5. The summed E-state index contributed by atoms with van der Waals surface area (Å²) in [6.45, 7) is 3.73. The normalized spacial score (nSPS) is 12.2. The van der Waals surface area contributed by atoms with E-state index in [1.165, 1.54) is 18.2 Å². The highest BCUT2D eigenvalue weighted by Crippen LogP contribution is 2.10. The van der Waals surface area contributed by atoms with Crippen LogP contribution in [0.1, 0.15) is 25.8 Å². The lowest BCUT2D eigenvalue weighted by atomic mass is 10.0. The number of carbonyl (C=O) groups excluding carboxylic acids is 1. The van der Waals surface area contributed by atoms with Crippen molar-refractivity contribution in [3.05, 3.63) is 35.6 Å². The first-order chi connectivity index (χ1) is 8.90. The van der Waals surface area contributed by atoms with Gasteiger partial charge in [-0.25, -0.2) is 9.18 Å². The topological polar surface area (TPSA) is 66.4 Å². The van der Waals surface area contributed by atoms with E-state index in [9.17, 15) is 14.0 Å². The van der Waals surface area contributed by atoms with Crippen molar-refractivity contribution in [2.75, 3.05) is 0 Å². The maximum atomic E-state index is 13.5. The molecular weight excluding hydrogens is 249 g/mol. The van der Waals surface area contributed by atoms with Crippen LogP contribution >= 0.6 is 0 Å². The third-order valence-electron chi connectivity index (χ3n) is 2.61. The molecule has 1 aromatic rings. The number of amides is 1. The van der Waals surface area contributed by atoms with Gasteiger partial charge in [-0.3, -0.25) is 4.79 Å². The molecule has 0 radical (unpaired) electrons. The monoisotopic (exact) mass is 267 g/mol. The molecule has 0 aromatic heterocycles. The number of nitrogens with one attached hydrogen (secondary N) is 1. The Morgan fingerprint density at radius 2 is 1.95 bits per heavy atom. The highest BCUT2D eigenvalue weighted by molar-refractivity contribution is 5.83. The number of halogens is 1. The van der Waals surface area contributed by atoms with Crippen LogP contribution in [0.5, 0.6) is 0 Å². The predicted octanol–water partition coefficient (Wildman–Crippen LogP) is 1.98. The van der Waals surface area contributed by atoms with Gasteiger partial charge in [0.15, 0.2) is 0 Å². The van der Waals surface area contributed by atoms with Crippen molar-refractivity contribution < 1.29 is 19.1 Å². The van der Waals surface area contributed by atoms with Gasteiger partial charge in [-0.2, -0.15) is 0 Å². The standard InChI is InChI=1S/C14H18FNO3/c1-9(2)7-13(17)16-12(14(18)19)8-10-5-3-4-6-11(10)15/h3-6,9,12H,7-8H2,1-2H3,(H,16,17)(H,18,19)/t12-/m0/s1. The van der Waals surface area contributed by atoms with Crippen LogP contribution in [0.4, 0.5) is 4.39 Å². The second kappa shape index (κ2) is 6.87. The highest BCUT2D eigenvalue weighted by Gasteiger charge is 2.21. The Hall–Kier alpha value is -1.91. The third kappa shape index (κ3) is 5.07. The molecule has 0 aliphatic rings. The second-order valence-corrected chi connectivity index (χ2v) is 4.85. The number of carboxylic acid groups (broad SMARTS) is 1. The number of carbonyl (C=O) groups is 2. The molecule has 0 fully saturated rings. The summed E-state index contributed by atoms with van der Waals surface area (Å²) < 4.78 is 13.5. The second-order valence-electron chi connectivity index (χ2n) is 4.85.